The van der Waals surface area contributed by atoms with Gasteiger partial charge in [0.2, 0.25) is 0 Å². The lowest BCUT2D eigenvalue weighted by Crippen LogP contribution is -2.08. The molecule has 1 aliphatic carbocycles. The van der Waals surface area contributed by atoms with E-state index in [2.05, 4.69) is 5.16 Å². The zero-order valence-electron chi connectivity index (χ0n) is 13.5. The summed E-state index contributed by atoms with van der Waals surface area (Å²) in [5.41, 5.74) is 3.67. The molecule has 4 rings (SSSR count). The molecule has 0 amide bonds. The van der Waals surface area contributed by atoms with Gasteiger partial charge in [-0.2, -0.15) is 0 Å². The van der Waals surface area contributed by atoms with Gasteiger partial charge in [0.05, 0.1) is 19.9 Å². The van der Waals surface area contributed by atoms with E-state index in [9.17, 15) is 9.90 Å². The molecule has 1 atom stereocenters. The number of hydrogen-bond donors (Lipinski definition) is 1. The number of rotatable bonds is 3. The molecule has 26 heavy (non-hydrogen) atoms. The highest BCUT2D eigenvalue weighted by molar-refractivity contribution is 7.16. The average molecular weight is 431 g/mol. The van der Waals surface area contributed by atoms with Gasteiger partial charge < -0.3 is 9.94 Å². The second kappa shape index (κ2) is 7.04. The number of hydrogen-bond acceptors (Lipinski definition) is 4. The normalized spacial score (nSPS) is 19.0. The number of benzene rings is 1. The number of carbonyl (C=O) groups is 1. The van der Waals surface area contributed by atoms with E-state index in [0.717, 1.165) is 53.0 Å². The fourth-order valence-corrected chi connectivity index (χ4v) is 5.33. The molecule has 4 nitrogen and oxygen atoms in total. The van der Waals surface area contributed by atoms with Gasteiger partial charge in [0.1, 0.15) is 10.6 Å². The molecule has 0 saturated carbocycles. The minimum atomic E-state index is -0.869. The average Bonchev–Trinajstić information content (AvgIpc) is 3.24. The summed E-state index contributed by atoms with van der Waals surface area (Å²) in [5, 5.41) is 14.8. The van der Waals surface area contributed by atoms with Crippen LogP contribution in [0.3, 0.4) is 0 Å². The van der Waals surface area contributed by atoms with E-state index in [1.807, 2.05) is 0 Å². The molecule has 0 bridgehead atoms. The van der Waals surface area contributed by atoms with Gasteiger partial charge in [0, 0.05) is 6.42 Å². The lowest BCUT2D eigenvalue weighted by atomic mass is 9.90. The summed E-state index contributed by atoms with van der Waals surface area (Å²) in [6.45, 7) is 0. The van der Waals surface area contributed by atoms with Crippen molar-refractivity contribution in [2.24, 2.45) is 5.16 Å². The Morgan fingerprint density at radius 2 is 1.81 bits per heavy atom. The highest BCUT2D eigenvalue weighted by Gasteiger charge is 2.31. The molecule has 1 aliphatic heterocycles. The molecule has 1 N–H and O–H groups in total. The zero-order valence-corrected chi connectivity index (χ0v) is 16.6. The number of fused-ring (bicyclic) bond motifs is 1. The van der Waals surface area contributed by atoms with Crippen LogP contribution in [0, 0.1) is 0 Å². The van der Waals surface area contributed by atoms with E-state index in [-0.39, 0.29) is 6.10 Å². The van der Waals surface area contributed by atoms with Crippen molar-refractivity contribution in [3.63, 3.8) is 0 Å². The van der Waals surface area contributed by atoms with Gasteiger partial charge in [-0.15, -0.1) is 11.3 Å². The molecule has 0 fully saturated rings. The van der Waals surface area contributed by atoms with E-state index < -0.39 is 5.97 Å². The first kappa shape index (κ1) is 18.1. The van der Waals surface area contributed by atoms with E-state index in [0.29, 0.717) is 26.4 Å². The Bertz CT molecular complexity index is 915. The maximum atomic E-state index is 11.6. The minimum Gasteiger partial charge on any atom is -0.477 e. The Balaban J connectivity index is 1.64. The molecule has 0 saturated heterocycles. The first-order valence-corrected chi connectivity index (χ1v) is 10.2. The van der Waals surface area contributed by atoms with E-state index in [1.54, 1.807) is 12.1 Å². The van der Waals surface area contributed by atoms with Crippen molar-refractivity contribution in [1.29, 1.82) is 0 Å². The summed E-state index contributed by atoms with van der Waals surface area (Å²) in [4.78, 5) is 18.6. The summed E-state index contributed by atoms with van der Waals surface area (Å²) in [6.07, 6.45) is 4.02. The van der Waals surface area contributed by atoms with Crippen LogP contribution in [0.5, 0.6) is 0 Å². The number of thiophene rings is 1. The molecule has 2 aromatic rings. The quantitative estimate of drug-likeness (QED) is 0.594. The SMILES string of the molecule is O=C(O)c1sc(C2=NOC(c3cc(Cl)c(Cl)c(Cl)c3)C2)c2c1CCCC2. The Kier molecular flexibility index (Phi) is 4.90. The Hall–Kier alpha value is -1.27. The summed E-state index contributed by atoms with van der Waals surface area (Å²) in [6, 6.07) is 3.46. The highest BCUT2D eigenvalue weighted by atomic mass is 35.5. The van der Waals surface area contributed by atoms with E-state index in [1.165, 1.54) is 11.3 Å². The number of carboxylic acids is 1. The topological polar surface area (TPSA) is 58.9 Å². The Labute approximate surface area is 169 Å². The lowest BCUT2D eigenvalue weighted by Gasteiger charge is -2.13. The molecule has 2 aliphatic rings. The molecule has 8 heteroatoms. The second-order valence-electron chi connectivity index (χ2n) is 6.36. The predicted octanol–water partition coefficient (Wildman–Crippen LogP) is 6.15. The van der Waals surface area contributed by atoms with Crippen molar-refractivity contribution in [2.75, 3.05) is 0 Å². The van der Waals surface area contributed by atoms with Gasteiger partial charge in [-0.05, 0) is 54.5 Å². The molecule has 136 valence electrons. The first-order valence-electron chi connectivity index (χ1n) is 8.21. The molecule has 2 heterocycles. The second-order valence-corrected chi connectivity index (χ2v) is 8.58. The van der Waals surface area contributed by atoms with Gasteiger partial charge in [-0.25, -0.2) is 4.79 Å². The van der Waals surface area contributed by atoms with Crippen LogP contribution in [-0.2, 0) is 17.7 Å². The van der Waals surface area contributed by atoms with Gasteiger partial charge in [0.25, 0.3) is 0 Å². The van der Waals surface area contributed by atoms with Crippen LogP contribution < -0.4 is 0 Å². The number of halogens is 3. The number of aromatic carboxylic acids is 1. The molecular formula is C18H14Cl3NO3S. The van der Waals surface area contributed by atoms with Crippen molar-refractivity contribution in [3.8, 4) is 0 Å². The standard InChI is InChI=1S/C18H14Cl3NO3S/c19-11-5-8(6-12(20)15(11)21)14-7-13(22-25-14)16-9-3-1-2-4-10(9)17(26-16)18(23)24/h5-6,14H,1-4,7H2,(H,23,24). The molecule has 1 aromatic heterocycles. The number of oxime groups is 1. The van der Waals surface area contributed by atoms with Crippen molar-refractivity contribution in [2.45, 2.75) is 38.2 Å². The highest BCUT2D eigenvalue weighted by Crippen LogP contribution is 2.41. The number of nitrogens with zero attached hydrogens (tertiary/aromatic N) is 1. The van der Waals surface area contributed by atoms with Gasteiger partial charge in [-0.3, -0.25) is 0 Å². The number of carboxylic acid groups (broad SMARTS) is 1. The van der Waals surface area contributed by atoms with Crippen LogP contribution in [0.15, 0.2) is 17.3 Å². The van der Waals surface area contributed by atoms with Crippen LogP contribution in [0.1, 0.15) is 56.6 Å². The van der Waals surface area contributed by atoms with Gasteiger partial charge in [-0.1, -0.05) is 40.0 Å². The third-order valence-corrected chi connectivity index (χ3v) is 7.23. The van der Waals surface area contributed by atoms with E-state index in [4.69, 9.17) is 39.6 Å². The van der Waals surface area contributed by atoms with Crippen molar-refractivity contribution < 1.29 is 14.7 Å². The van der Waals surface area contributed by atoms with Crippen molar-refractivity contribution in [1.82, 2.24) is 0 Å². The fourth-order valence-electron chi connectivity index (χ4n) is 3.49. The van der Waals surface area contributed by atoms with Crippen LogP contribution in [0.25, 0.3) is 0 Å². The summed E-state index contributed by atoms with van der Waals surface area (Å²) >= 11 is 19.5. The largest absolute Gasteiger partial charge is 0.477 e. The van der Waals surface area contributed by atoms with E-state index >= 15 is 0 Å². The lowest BCUT2D eigenvalue weighted by molar-refractivity contribution is 0.0701. The smallest absolute Gasteiger partial charge is 0.346 e. The molecule has 1 aromatic carbocycles. The zero-order chi connectivity index (χ0) is 18.4. The minimum absolute atomic E-state index is 0.313. The Morgan fingerprint density at radius 3 is 2.46 bits per heavy atom. The van der Waals surface area contributed by atoms with Crippen molar-refractivity contribution in [3.05, 3.63) is 53.6 Å². The third kappa shape index (κ3) is 3.11. The van der Waals surface area contributed by atoms with Gasteiger partial charge >= 0.3 is 5.97 Å². The van der Waals surface area contributed by atoms with Gasteiger partial charge in [0.15, 0.2) is 6.10 Å². The first-order chi connectivity index (χ1) is 12.5. The molecular weight excluding hydrogens is 417 g/mol. The van der Waals surface area contributed by atoms with Crippen LogP contribution in [0.2, 0.25) is 15.1 Å². The molecule has 0 spiro atoms. The van der Waals surface area contributed by atoms with Crippen molar-refractivity contribution >= 4 is 57.8 Å². The van der Waals surface area contributed by atoms with Crippen LogP contribution in [0.4, 0.5) is 0 Å². The fraction of sp³-hybridized carbons (Fsp3) is 0.333. The maximum Gasteiger partial charge on any atom is 0.346 e. The summed E-state index contributed by atoms with van der Waals surface area (Å²) < 4.78 is 0. The molecule has 1 unspecified atom stereocenters. The maximum absolute atomic E-state index is 11.6. The summed E-state index contributed by atoms with van der Waals surface area (Å²) in [5.74, 6) is -0.869. The monoisotopic (exact) mass is 429 g/mol. The van der Waals surface area contributed by atoms with Crippen LogP contribution >= 0.6 is 46.1 Å². The molecule has 0 radical (unpaired) electrons. The van der Waals surface area contributed by atoms with Crippen LogP contribution in [-0.4, -0.2) is 16.8 Å². The third-order valence-electron chi connectivity index (χ3n) is 4.72. The Morgan fingerprint density at radius 1 is 1.15 bits per heavy atom. The predicted molar refractivity (Wildman–Crippen MR) is 104 cm³/mol. The summed E-state index contributed by atoms with van der Waals surface area (Å²) in [7, 11) is 0.